The summed E-state index contributed by atoms with van der Waals surface area (Å²) < 4.78 is 5.60. The highest BCUT2D eigenvalue weighted by Gasteiger charge is 2.12. The zero-order valence-electron chi connectivity index (χ0n) is 12.3. The number of aromatic nitrogens is 2. The predicted molar refractivity (Wildman–Crippen MR) is 82.0 cm³/mol. The molecule has 6 nitrogen and oxygen atoms in total. The number of hydrogen-bond acceptors (Lipinski definition) is 5. The van der Waals surface area contributed by atoms with Gasteiger partial charge in [-0.2, -0.15) is 0 Å². The fourth-order valence-electron chi connectivity index (χ4n) is 1.52. The van der Waals surface area contributed by atoms with E-state index in [9.17, 15) is 4.79 Å². The predicted octanol–water partition coefficient (Wildman–Crippen LogP) is 1.56. The third-order valence-corrected chi connectivity index (χ3v) is 3.02. The van der Waals surface area contributed by atoms with Crippen LogP contribution in [-0.4, -0.2) is 49.7 Å². The summed E-state index contributed by atoms with van der Waals surface area (Å²) in [6, 6.07) is 1.80. The molecule has 0 saturated heterocycles. The lowest BCUT2D eigenvalue weighted by molar-refractivity contribution is -0.119. The average Bonchev–Trinajstić information content (AvgIpc) is 2.38. The first-order valence-electron chi connectivity index (χ1n) is 6.45. The van der Waals surface area contributed by atoms with Crippen molar-refractivity contribution in [3.8, 4) is 0 Å². The second-order valence-corrected chi connectivity index (χ2v) is 5.57. The number of hydrogen-bond donors (Lipinski definition) is 1. The highest BCUT2D eigenvalue weighted by molar-refractivity contribution is 9.10. The number of nitrogens with zero attached hydrogens (tertiary/aromatic N) is 3. The van der Waals surface area contributed by atoms with Crippen LogP contribution in [0.25, 0.3) is 0 Å². The molecule has 0 saturated carbocycles. The second-order valence-electron chi connectivity index (χ2n) is 4.76. The second kappa shape index (κ2) is 8.16. The fourth-order valence-corrected chi connectivity index (χ4v) is 1.91. The van der Waals surface area contributed by atoms with Crippen molar-refractivity contribution in [3.05, 3.63) is 16.5 Å². The van der Waals surface area contributed by atoms with Crippen molar-refractivity contribution in [1.82, 2.24) is 15.3 Å². The van der Waals surface area contributed by atoms with Crippen molar-refractivity contribution < 1.29 is 9.53 Å². The lowest BCUT2D eigenvalue weighted by Crippen LogP contribution is -2.37. The Morgan fingerprint density at radius 3 is 2.80 bits per heavy atom. The number of carbonyl (C=O) groups is 1. The first-order valence-corrected chi connectivity index (χ1v) is 7.24. The van der Waals surface area contributed by atoms with Crippen molar-refractivity contribution in [1.29, 1.82) is 0 Å². The van der Waals surface area contributed by atoms with Gasteiger partial charge in [0.05, 0.1) is 13.2 Å². The first-order chi connectivity index (χ1) is 9.43. The largest absolute Gasteiger partial charge is 0.383 e. The lowest BCUT2D eigenvalue weighted by atomic mass is 10.2. The number of nitrogens with one attached hydrogen (secondary N) is 1. The smallest absolute Gasteiger partial charge is 0.239 e. The van der Waals surface area contributed by atoms with Crippen LogP contribution in [0.15, 0.2) is 10.7 Å². The monoisotopic (exact) mass is 344 g/mol. The number of rotatable bonds is 7. The number of anilines is 1. The summed E-state index contributed by atoms with van der Waals surface area (Å²) in [7, 11) is 3.43. The van der Waals surface area contributed by atoms with Crippen molar-refractivity contribution in [2.24, 2.45) is 0 Å². The number of likely N-dealkylation sites (N-methyl/N-ethyl adjacent to an activating group) is 1. The molecular weight excluding hydrogens is 324 g/mol. The van der Waals surface area contributed by atoms with E-state index in [2.05, 4.69) is 31.2 Å². The van der Waals surface area contributed by atoms with Crippen molar-refractivity contribution >= 4 is 27.7 Å². The molecule has 0 atom stereocenters. The maximum Gasteiger partial charge on any atom is 0.239 e. The van der Waals surface area contributed by atoms with Crippen LogP contribution < -0.4 is 10.2 Å². The van der Waals surface area contributed by atoms with Crippen LogP contribution in [-0.2, 0) is 9.53 Å². The normalized spacial score (nSPS) is 10.7. The first kappa shape index (κ1) is 16.8. The molecule has 0 aliphatic rings. The third kappa shape index (κ3) is 5.42. The van der Waals surface area contributed by atoms with E-state index in [-0.39, 0.29) is 18.4 Å². The SMILES string of the molecule is COCCNC(=O)CN(C)c1cc(Br)nc(C(C)C)n1. The van der Waals surface area contributed by atoms with E-state index in [1.807, 2.05) is 20.9 Å². The van der Waals surface area contributed by atoms with Gasteiger partial charge in [-0.25, -0.2) is 9.97 Å². The summed E-state index contributed by atoms with van der Waals surface area (Å²) in [6.45, 7) is 5.32. The number of halogens is 1. The summed E-state index contributed by atoms with van der Waals surface area (Å²) >= 11 is 3.37. The van der Waals surface area contributed by atoms with E-state index < -0.39 is 0 Å². The Hall–Kier alpha value is -1.21. The molecule has 1 amide bonds. The number of carbonyl (C=O) groups excluding carboxylic acids is 1. The van der Waals surface area contributed by atoms with E-state index >= 15 is 0 Å². The van der Waals surface area contributed by atoms with E-state index in [1.54, 1.807) is 18.1 Å². The van der Waals surface area contributed by atoms with Gasteiger partial charge in [0.2, 0.25) is 5.91 Å². The van der Waals surface area contributed by atoms with Crippen LogP contribution in [0, 0.1) is 0 Å². The number of methoxy groups -OCH3 is 1. The van der Waals surface area contributed by atoms with E-state index in [0.29, 0.717) is 13.2 Å². The maximum absolute atomic E-state index is 11.7. The van der Waals surface area contributed by atoms with E-state index in [4.69, 9.17) is 4.74 Å². The Bertz CT molecular complexity index is 454. The molecule has 1 aromatic rings. The highest BCUT2D eigenvalue weighted by Crippen LogP contribution is 2.19. The van der Waals surface area contributed by atoms with E-state index in [1.165, 1.54) is 0 Å². The molecule has 0 aliphatic heterocycles. The third-order valence-electron chi connectivity index (χ3n) is 2.62. The molecule has 0 aliphatic carbocycles. The van der Waals surface area contributed by atoms with Gasteiger partial charge in [-0.05, 0) is 15.9 Å². The van der Waals surface area contributed by atoms with Crippen LogP contribution in [0.4, 0.5) is 5.82 Å². The molecule has 0 aromatic carbocycles. The standard InChI is InChI=1S/C13H21BrN4O2/c1-9(2)13-16-10(14)7-11(17-13)18(3)8-12(19)15-5-6-20-4/h7,9H,5-6,8H2,1-4H3,(H,15,19). The zero-order chi connectivity index (χ0) is 15.1. The fraction of sp³-hybridized carbons (Fsp3) is 0.615. The van der Waals surface area contributed by atoms with Crippen molar-refractivity contribution in [2.45, 2.75) is 19.8 Å². The summed E-state index contributed by atoms with van der Waals surface area (Å²) in [5.41, 5.74) is 0. The van der Waals surface area contributed by atoms with E-state index in [0.717, 1.165) is 16.2 Å². The molecule has 112 valence electrons. The van der Waals surface area contributed by atoms with Gasteiger partial charge < -0.3 is 15.0 Å². The van der Waals surface area contributed by atoms with Gasteiger partial charge >= 0.3 is 0 Å². The molecule has 0 fully saturated rings. The quantitative estimate of drug-likeness (QED) is 0.600. The molecule has 1 aromatic heterocycles. The van der Waals surface area contributed by atoms with Crippen LogP contribution >= 0.6 is 15.9 Å². The van der Waals surface area contributed by atoms with Crippen LogP contribution in [0.2, 0.25) is 0 Å². The Morgan fingerprint density at radius 1 is 1.50 bits per heavy atom. The van der Waals surface area contributed by atoms with Crippen molar-refractivity contribution in [3.63, 3.8) is 0 Å². The van der Waals surface area contributed by atoms with Gasteiger partial charge in [0.25, 0.3) is 0 Å². The Balaban J connectivity index is 2.67. The number of ether oxygens (including phenoxy) is 1. The van der Waals surface area contributed by atoms with Gasteiger partial charge in [-0.1, -0.05) is 13.8 Å². The van der Waals surface area contributed by atoms with Gasteiger partial charge in [-0.15, -0.1) is 0 Å². The summed E-state index contributed by atoms with van der Waals surface area (Å²) in [6.07, 6.45) is 0. The summed E-state index contributed by atoms with van der Waals surface area (Å²) in [5.74, 6) is 1.64. The molecule has 1 rings (SSSR count). The van der Waals surface area contributed by atoms with Gasteiger partial charge in [-0.3, -0.25) is 4.79 Å². The molecule has 7 heteroatoms. The zero-order valence-corrected chi connectivity index (χ0v) is 13.9. The number of amides is 1. The topological polar surface area (TPSA) is 67.3 Å². The summed E-state index contributed by atoms with van der Waals surface area (Å²) in [5, 5.41) is 2.78. The minimum atomic E-state index is -0.0645. The van der Waals surface area contributed by atoms with Crippen molar-refractivity contribution in [2.75, 3.05) is 38.8 Å². The Morgan fingerprint density at radius 2 is 2.20 bits per heavy atom. The maximum atomic E-state index is 11.7. The molecule has 0 unspecified atom stereocenters. The molecular formula is C13H21BrN4O2. The van der Waals surface area contributed by atoms with Crippen LogP contribution in [0.5, 0.6) is 0 Å². The molecule has 1 N–H and O–H groups in total. The Labute approximate surface area is 128 Å². The Kier molecular flexibility index (Phi) is 6.87. The molecule has 20 heavy (non-hydrogen) atoms. The minimum absolute atomic E-state index is 0.0645. The highest BCUT2D eigenvalue weighted by atomic mass is 79.9. The van der Waals surface area contributed by atoms with Gasteiger partial charge in [0, 0.05) is 32.7 Å². The minimum Gasteiger partial charge on any atom is -0.383 e. The molecule has 0 bridgehead atoms. The van der Waals surface area contributed by atoms with Gasteiger partial charge in [0.1, 0.15) is 16.2 Å². The molecule has 0 radical (unpaired) electrons. The summed E-state index contributed by atoms with van der Waals surface area (Å²) in [4.78, 5) is 22.3. The lowest BCUT2D eigenvalue weighted by Gasteiger charge is -2.19. The average molecular weight is 345 g/mol. The van der Waals surface area contributed by atoms with Crippen LogP contribution in [0.1, 0.15) is 25.6 Å². The van der Waals surface area contributed by atoms with Crippen LogP contribution in [0.3, 0.4) is 0 Å². The molecule has 0 spiro atoms. The van der Waals surface area contributed by atoms with Gasteiger partial charge in [0.15, 0.2) is 0 Å². The molecule has 1 heterocycles.